The van der Waals surface area contributed by atoms with Gasteiger partial charge in [0, 0.05) is 11.3 Å². The van der Waals surface area contributed by atoms with E-state index in [0.29, 0.717) is 28.5 Å². The summed E-state index contributed by atoms with van der Waals surface area (Å²) in [7, 11) is 0. The molecule has 7 heteroatoms. The molecule has 0 bridgehead atoms. The Morgan fingerprint density at radius 3 is 2.46 bits per heavy atom. The van der Waals surface area contributed by atoms with E-state index in [4.69, 9.17) is 4.74 Å². The van der Waals surface area contributed by atoms with Crippen LogP contribution in [0.3, 0.4) is 0 Å². The van der Waals surface area contributed by atoms with Crippen LogP contribution in [-0.4, -0.2) is 24.1 Å². The molecule has 0 aliphatic heterocycles. The number of rotatable bonds is 6. The number of amides is 2. The maximum absolute atomic E-state index is 12.3. The third kappa shape index (κ3) is 4.66. The van der Waals surface area contributed by atoms with Gasteiger partial charge in [0.15, 0.2) is 0 Å². The molecule has 0 unspecified atom stereocenters. The number of benzene rings is 1. The molecule has 126 valence electrons. The van der Waals surface area contributed by atoms with Crippen LogP contribution in [0.15, 0.2) is 40.8 Å². The van der Waals surface area contributed by atoms with Crippen LogP contribution >= 0.6 is 11.3 Å². The van der Waals surface area contributed by atoms with Gasteiger partial charge in [-0.15, -0.1) is 11.3 Å². The van der Waals surface area contributed by atoms with Crippen LogP contribution in [0.1, 0.15) is 41.5 Å². The summed E-state index contributed by atoms with van der Waals surface area (Å²) in [4.78, 5) is 24.4. The van der Waals surface area contributed by atoms with E-state index in [-0.39, 0.29) is 11.8 Å². The molecule has 1 aromatic heterocycles. The van der Waals surface area contributed by atoms with Crippen LogP contribution in [0.5, 0.6) is 5.75 Å². The van der Waals surface area contributed by atoms with Gasteiger partial charge in [0.2, 0.25) is 0 Å². The van der Waals surface area contributed by atoms with Crippen LogP contribution < -0.4 is 15.5 Å². The normalized spacial score (nSPS) is 9.96. The highest BCUT2D eigenvalue weighted by molar-refractivity contribution is 7.14. The molecule has 0 aliphatic rings. The highest BCUT2D eigenvalue weighted by Gasteiger charge is 2.15. The number of nitrogens with zero attached hydrogens (tertiary/aromatic N) is 1. The van der Waals surface area contributed by atoms with Gasteiger partial charge in [0.05, 0.1) is 12.2 Å². The van der Waals surface area contributed by atoms with Gasteiger partial charge in [0.25, 0.3) is 11.8 Å². The summed E-state index contributed by atoms with van der Waals surface area (Å²) in [6.45, 7) is 6.03. The van der Waals surface area contributed by atoms with Gasteiger partial charge in [-0.1, -0.05) is 0 Å². The Hall–Kier alpha value is -2.67. The average Bonchev–Trinajstić information content (AvgIpc) is 3.01. The fourth-order valence-electron chi connectivity index (χ4n) is 1.85. The van der Waals surface area contributed by atoms with Gasteiger partial charge in [-0.25, -0.2) is 5.43 Å². The predicted molar refractivity (Wildman–Crippen MR) is 96.1 cm³/mol. The van der Waals surface area contributed by atoms with Crippen LogP contribution in [-0.2, 0) is 0 Å². The van der Waals surface area contributed by atoms with E-state index in [9.17, 15) is 9.59 Å². The summed E-state index contributed by atoms with van der Waals surface area (Å²) in [5.41, 5.74) is 4.05. The molecule has 6 nitrogen and oxygen atoms in total. The molecule has 2 aromatic rings. The topological polar surface area (TPSA) is 79.8 Å². The Bertz CT molecular complexity index is 747. The SMILES string of the molecule is CCOc1ccc(C(=O)Nc2sccc2C(=O)NN=C(C)C)cc1. The molecule has 0 fully saturated rings. The molecule has 24 heavy (non-hydrogen) atoms. The Labute approximate surface area is 144 Å². The summed E-state index contributed by atoms with van der Waals surface area (Å²) in [6, 6.07) is 8.48. The molecule has 0 atom stereocenters. The lowest BCUT2D eigenvalue weighted by atomic mass is 10.2. The zero-order valence-electron chi connectivity index (χ0n) is 13.8. The van der Waals surface area contributed by atoms with Crippen molar-refractivity contribution in [2.75, 3.05) is 11.9 Å². The van der Waals surface area contributed by atoms with E-state index in [1.165, 1.54) is 11.3 Å². The summed E-state index contributed by atoms with van der Waals surface area (Å²) in [5, 5.41) is 8.86. The first-order valence-electron chi connectivity index (χ1n) is 7.44. The number of anilines is 1. The first kappa shape index (κ1) is 17.7. The highest BCUT2D eigenvalue weighted by Crippen LogP contribution is 2.24. The summed E-state index contributed by atoms with van der Waals surface area (Å²) in [6.07, 6.45) is 0. The Kier molecular flexibility index (Phi) is 6.08. The quantitative estimate of drug-likeness (QED) is 0.621. The second-order valence-corrected chi connectivity index (χ2v) is 5.99. The third-order valence-electron chi connectivity index (χ3n) is 2.95. The fourth-order valence-corrected chi connectivity index (χ4v) is 2.63. The van der Waals surface area contributed by atoms with Crippen molar-refractivity contribution < 1.29 is 14.3 Å². The van der Waals surface area contributed by atoms with Gasteiger partial charge >= 0.3 is 0 Å². The molecule has 0 radical (unpaired) electrons. The van der Waals surface area contributed by atoms with Crippen molar-refractivity contribution in [2.24, 2.45) is 5.10 Å². The van der Waals surface area contributed by atoms with Crippen molar-refractivity contribution in [3.05, 3.63) is 46.8 Å². The summed E-state index contributed by atoms with van der Waals surface area (Å²) >= 11 is 1.28. The van der Waals surface area contributed by atoms with Crippen molar-refractivity contribution in [2.45, 2.75) is 20.8 Å². The molecular weight excluding hydrogens is 326 g/mol. The number of hydrogen-bond donors (Lipinski definition) is 2. The predicted octanol–water partition coefficient (Wildman–Crippen LogP) is 3.52. The smallest absolute Gasteiger partial charge is 0.274 e. The van der Waals surface area contributed by atoms with E-state index in [0.717, 1.165) is 5.71 Å². The third-order valence-corrected chi connectivity index (χ3v) is 3.78. The number of hydrogen-bond acceptors (Lipinski definition) is 5. The maximum Gasteiger partial charge on any atom is 0.274 e. The minimum Gasteiger partial charge on any atom is -0.494 e. The number of thiophene rings is 1. The molecule has 2 N–H and O–H groups in total. The number of ether oxygens (including phenoxy) is 1. The van der Waals surface area contributed by atoms with Crippen LogP contribution in [0, 0.1) is 0 Å². The van der Waals surface area contributed by atoms with Gasteiger partial charge in [-0.3, -0.25) is 9.59 Å². The lowest BCUT2D eigenvalue weighted by Gasteiger charge is -2.07. The van der Waals surface area contributed by atoms with E-state index in [1.54, 1.807) is 49.6 Å². The van der Waals surface area contributed by atoms with Crippen LogP contribution in [0.2, 0.25) is 0 Å². The molecular formula is C17H19N3O3S. The van der Waals surface area contributed by atoms with E-state index >= 15 is 0 Å². The summed E-state index contributed by atoms with van der Waals surface area (Å²) in [5.74, 6) is 0.0576. The Morgan fingerprint density at radius 1 is 1.12 bits per heavy atom. The number of nitrogens with one attached hydrogen (secondary N) is 2. The largest absolute Gasteiger partial charge is 0.494 e. The van der Waals surface area contributed by atoms with E-state index < -0.39 is 0 Å². The molecule has 2 rings (SSSR count). The minimum absolute atomic E-state index is 0.287. The van der Waals surface area contributed by atoms with Gasteiger partial charge < -0.3 is 10.1 Å². The zero-order chi connectivity index (χ0) is 17.5. The fraction of sp³-hybridized carbons (Fsp3) is 0.235. The Balaban J connectivity index is 2.08. The van der Waals surface area contributed by atoms with Crippen molar-refractivity contribution >= 4 is 33.9 Å². The van der Waals surface area contributed by atoms with E-state index in [1.807, 2.05) is 6.92 Å². The molecule has 2 amide bonds. The second kappa shape index (κ2) is 8.26. The number of carbonyl (C=O) groups excluding carboxylic acids is 2. The van der Waals surface area contributed by atoms with Gasteiger partial charge in [-0.2, -0.15) is 5.10 Å². The van der Waals surface area contributed by atoms with Crippen LogP contribution in [0.25, 0.3) is 0 Å². The van der Waals surface area contributed by atoms with Crippen LogP contribution in [0.4, 0.5) is 5.00 Å². The number of carbonyl (C=O) groups is 2. The molecule has 0 saturated carbocycles. The standard InChI is InChI=1S/C17H19N3O3S/c1-4-23-13-7-5-12(6-8-13)15(21)18-17-14(9-10-24-17)16(22)20-19-11(2)3/h5-10H,4H2,1-3H3,(H,18,21)(H,20,22). The molecule has 0 saturated heterocycles. The van der Waals surface area contributed by atoms with Crippen molar-refractivity contribution in [1.29, 1.82) is 0 Å². The van der Waals surface area contributed by atoms with Gasteiger partial charge in [0.1, 0.15) is 10.8 Å². The van der Waals surface area contributed by atoms with Crippen molar-refractivity contribution in [3.63, 3.8) is 0 Å². The number of hydrazone groups is 1. The lowest BCUT2D eigenvalue weighted by Crippen LogP contribution is -2.20. The molecule has 0 aliphatic carbocycles. The first-order chi connectivity index (χ1) is 11.5. The van der Waals surface area contributed by atoms with Crippen molar-refractivity contribution in [1.82, 2.24) is 5.43 Å². The monoisotopic (exact) mass is 345 g/mol. The minimum atomic E-state index is -0.362. The molecule has 1 heterocycles. The zero-order valence-corrected chi connectivity index (χ0v) is 14.6. The molecule has 1 aromatic carbocycles. The Morgan fingerprint density at radius 2 is 1.83 bits per heavy atom. The van der Waals surface area contributed by atoms with Gasteiger partial charge in [-0.05, 0) is 56.5 Å². The molecule has 0 spiro atoms. The average molecular weight is 345 g/mol. The first-order valence-corrected chi connectivity index (χ1v) is 8.32. The highest BCUT2D eigenvalue weighted by atomic mass is 32.1. The summed E-state index contributed by atoms with van der Waals surface area (Å²) < 4.78 is 5.35. The lowest BCUT2D eigenvalue weighted by molar-refractivity contribution is 0.0956. The second-order valence-electron chi connectivity index (χ2n) is 5.07. The maximum atomic E-state index is 12.3. The van der Waals surface area contributed by atoms with Crippen molar-refractivity contribution in [3.8, 4) is 5.75 Å². The van der Waals surface area contributed by atoms with E-state index in [2.05, 4.69) is 15.8 Å².